The van der Waals surface area contributed by atoms with Crippen LogP contribution < -0.4 is 4.74 Å². The maximum Gasteiger partial charge on any atom is 0.343 e. The maximum absolute atomic E-state index is 12.4. The zero-order valence-electron chi connectivity index (χ0n) is 13.1. The summed E-state index contributed by atoms with van der Waals surface area (Å²) in [6.45, 7) is 1.21. The number of carbonyl (C=O) groups is 2. The lowest BCUT2D eigenvalue weighted by Gasteiger charge is -2.16. The zero-order chi connectivity index (χ0) is 18.0. The third kappa shape index (κ3) is 4.27. The second-order valence-corrected chi connectivity index (χ2v) is 6.96. The van der Waals surface area contributed by atoms with Gasteiger partial charge in [-0.05, 0) is 36.2 Å². The molecule has 0 bridgehead atoms. The number of hydrogen-bond donors (Lipinski definition) is 0. The van der Waals surface area contributed by atoms with E-state index >= 15 is 0 Å². The number of hydrogen-bond acceptors (Lipinski definition) is 3. The maximum atomic E-state index is 12.4. The summed E-state index contributed by atoms with van der Waals surface area (Å²) in [4.78, 5) is 25.9. The van der Waals surface area contributed by atoms with Crippen molar-refractivity contribution in [3.63, 3.8) is 0 Å². The minimum atomic E-state index is -0.583. The van der Waals surface area contributed by atoms with Crippen molar-refractivity contribution in [3.05, 3.63) is 62.6 Å². The molecule has 7 heteroatoms. The highest BCUT2D eigenvalue weighted by Gasteiger charge is 2.21. The van der Waals surface area contributed by atoms with Gasteiger partial charge in [0.05, 0.1) is 15.6 Å². The summed E-state index contributed by atoms with van der Waals surface area (Å²) in [5.41, 5.74) is 1.21. The van der Waals surface area contributed by atoms with E-state index in [2.05, 4.69) is 0 Å². The van der Waals surface area contributed by atoms with Crippen LogP contribution in [0.25, 0.3) is 0 Å². The van der Waals surface area contributed by atoms with Gasteiger partial charge >= 0.3 is 5.97 Å². The average molecular weight is 399 g/mol. The third-order valence-electron chi connectivity index (χ3n) is 3.87. The number of rotatable bonds is 4. The quantitative estimate of drug-likeness (QED) is 0.538. The predicted octanol–water partition coefficient (Wildman–Crippen LogP) is 4.99. The van der Waals surface area contributed by atoms with E-state index < -0.39 is 5.97 Å². The number of esters is 1. The van der Waals surface area contributed by atoms with E-state index in [0.29, 0.717) is 23.6 Å². The summed E-state index contributed by atoms with van der Waals surface area (Å²) < 4.78 is 5.32. The minimum Gasteiger partial charge on any atom is -0.420 e. The van der Waals surface area contributed by atoms with E-state index in [4.69, 9.17) is 39.5 Å². The molecule has 4 nitrogen and oxygen atoms in total. The van der Waals surface area contributed by atoms with Gasteiger partial charge < -0.3 is 9.64 Å². The normalized spacial score (nSPS) is 14.0. The van der Waals surface area contributed by atoms with Crippen molar-refractivity contribution in [2.75, 3.05) is 6.54 Å². The Morgan fingerprint density at radius 2 is 1.84 bits per heavy atom. The van der Waals surface area contributed by atoms with E-state index in [1.807, 2.05) is 6.07 Å². The summed E-state index contributed by atoms with van der Waals surface area (Å²) >= 11 is 17.9. The van der Waals surface area contributed by atoms with Crippen molar-refractivity contribution in [2.45, 2.75) is 19.4 Å². The molecule has 1 saturated heterocycles. The van der Waals surface area contributed by atoms with Crippen LogP contribution in [0.2, 0.25) is 15.1 Å². The Labute approximate surface area is 160 Å². The molecule has 0 aliphatic carbocycles. The van der Waals surface area contributed by atoms with Crippen molar-refractivity contribution in [2.24, 2.45) is 0 Å². The van der Waals surface area contributed by atoms with Gasteiger partial charge in [0.2, 0.25) is 5.91 Å². The van der Waals surface area contributed by atoms with Crippen LogP contribution in [0.4, 0.5) is 0 Å². The fraction of sp³-hybridized carbons (Fsp3) is 0.222. The monoisotopic (exact) mass is 397 g/mol. The Morgan fingerprint density at radius 1 is 1.12 bits per heavy atom. The molecule has 2 aromatic carbocycles. The molecule has 0 N–H and O–H groups in total. The Hall–Kier alpha value is -1.75. The van der Waals surface area contributed by atoms with E-state index in [-0.39, 0.29) is 21.7 Å². The van der Waals surface area contributed by atoms with Gasteiger partial charge in [-0.15, -0.1) is 0 Å². The topological polar surface area (TPSA) is 46.6 Å². The first kappa shape index (κ1) is 18.1. The number of benzene rings is 2. The van der Waals surface area contributed by atoms with Gasteiger partial charge in [-0.1, -0.05) is 46.9 Å². The lowest BCUT2D eigenvalue weighted by atomic mass is 10.1. The lowest BCUT2D eigenvalue weighted by molar-refractivity contribution is -0.128. The standard InChI is InChI=1S/C18H14Cl3NO3/c19-13-8-14(20)17(15(21)9-13)25-18(24)12-4-1-3-11(7-12)10-22-6-2-5-16(22)23/h1,3-4,7-9H,2,5-6,10H2. The van der Waals surface area contributed by atoms with Crippen molar-refractivity contribution in [3.8, 4) is 5.75 Å². The number of amides is 1. The fourth-order valence-electron chi connectivity index (χ4n) is 2.67. The smallest absolute Gasteiger partial charge is 0.343 e. The van der Waals surface area contributed by atoms with Gasteiger partial charge in [-0.25, -0.2) is 4.79 Å². The van der Waals surface area contributed by atoms with E-state index in [1.165, 1.54) is 12.1 Å². The van der Waals surface area contributed by atoms with Crippen LogP contribution in [-0.4, -0.2) is 23.3 Å². The van der Waals surface area contributed by atoms with Gasteiger partial charge in [0.15, 0.2) is 5.75 Å². The van der Waals surface area contributed by atoms with Crippen LogP contribution in [0.3, 0.4) is 0 Å². The number of halogens is 3. The minimum absolute atomic E-state index is 0.0675. The van der Waals surface area contributed by atoms with Crippen LogP contribution in [-0.2, 0) is 11.3 Å². The first-order chi connectivity index (χ1) is 11.9. The van der Waals surface area contributed by atoms with Crippen molar-refractivity contribution in [1.29, 1.82) is 0 Å². The molecule has 130 valence electrons. The van der Waals surface area contributed by atoms with E-state index in [0.717, 1.165) is 18.5 Å². The second-order valence-electron chi connectivity index (χ2n) is 5.71. The first-order valence-corrected chi connectivity index (χ1v) is 8.81. The zero-order valence-corrected chi connectivity index (χ0v) is 15.4. The van der Waals surface area contributed by atoms with Gasteiger partial charge in [0.1, 0.15) is 0 Å². The van der Waals surface area contributed by atoms with Crippen molar-refractivity contribution >= 4 is 46.7 Å². The van der Waals surface area contributed by atoms with E-state index in [1.54, 1.807) is 23.1 Å². The van der Waals surface area contributed by atoms with Crippen LogP contribution in [0.15, 0.2) is 36.4 Å². The summed E-state index contributed by atoms with van der Waals surface area (Å²) in [5, 5.41) is 0.668. The van der Waals surface area contributed by atoms with Crippen LogP contribution >= 0.6 is 34.8 Å². The Balaban J connectivity index is 1.77. The molecule has 1 fully saturated rings. The highest BCUT2D eigenvalue weighted by Crippen LogP contribution is 2.36. The van der Waals surface area contributed by atoms with Gasteiger partial charge in [-0.2, -0.15) is 0 Å². The molecule has 1 aliphatic heterocycles. The largest absolute Gasteiger partial charge is 0.420 e. The van der Waals surface area contributed by atoms with Crippen molar-refractivity contribution < 1.29 is 14.3 Å². The molecule has 0 saturated carbocycles. The summed E-state index contributed by atoms with van der Waals surface area (Å²) in [5.74, 6) is -0.383. The summed E-state index contributed by atoms with van der Waals surface area (Å²) in [7, 11) is 0. The molecule has 2 aromatic rings. The second kappa shape index (κ2) is 7.65. The molecule has 3 rings (SSSR count). The van der Waals surface area contributed by atoms with Crippen LogP contribution in [0.1, 0.15) is 28.8 Å². The summed E-state index contributed by atoms with van der Waals surface area (Å²) in [6.07, 6.45) is 1.45. The van der Waals surface area contributed by atoms with Gasteiger partial charge in [0.25, 0.3) is 0 Å². The van der Waals surface area contributed by atoms with Gasteiger partial charge in [-0.3, -0.25) is 4.79 Å². The predicted molar refractivity (Wildman–Crippen MR) is 97.5 cm³/mol. The molecule has 1 aliphatic rings. The Bertz CT molecular complexity index is 815. The van der Waals surface area contributed by atoms with Crippen LogP contribution in [0.5, 0.6) is 5.75 Å². The van der Waals surface area contributed by atoms with Crippen LogP contribution in [0, 0.1) is 0 Å². The highest BCUT2D eigenvalue weighted by atomic mass is 35.5. The number of ether oxygens (including phenoxy) is 1. The highest BCUT2D eigenvalue weighted by molar-refractivity contribution is 6.40. The summed E-state index contributed by atoms with van der Waals surface area (Å²) in [6, 6.07) is 9.85. The first-order valence-electron chi connectivity index (χ1n) is 7.67. The molecule has 0 aromatic heterocycles. The molecule has 25 heavy (non-hydrogen) atoms. The SMILES string of the molecule is O=C(Oc1c(Cl)cc(Cl)cc1Cl)c1cccc(CN2CCCC2=O)c1. The van der Waals surface area contributed by atoms with E-state index in [9.17, 15) is 9.59 Å². The molecule has 0 spiro atoms. The number of nitrogens with zero attached hydrogens (tertiary/aromatic N) is 1. The molecular weight excluding hydrogens is 385 g/mol. The lowest BCUT2D eigenvalue weighted by Crippen LogP contribution is -2.24. The third-order valence-corrected chi connectivity index (χ3v) is 4.65. The molecule has 0 radical (unpaired) electrons. The molecular formula is C18H14Cl3NO3. The number of likely N-dealkylation sites (tertiary alicyclic amines) is 1. The van der Waals surface area contributed by atoms with Crippen molar-refractivity contribution in [1.82, 2.24) is 4.90 Å². The molecule has 1 amide bonds. The molecule has 0 atom stereocenters. The Kier molecular flexibility index (Phi) is 5.52. The Morgan fingerprint density at radius 3 is 2.48 bits per heavy atom. The number of carbonyl (C=O) groups excluding carboxylic acids is 2. The average Bonchev–Trinajstić information content (AvgIpc) is 2.96. The molecule has 0 unspecified atom stereocenters. The fourth-order valence-corrected chi connectivity index (χ4v) is 3.56. The van der Waals surface area contributed by atoms with Gasteiger partial charge in [0, 0.05) is 24.5 Å². The molecule has 1 heterocycles.